The van der Waals surface area contributed by atoms with Crippen molar-refractivity contribution in [2.75, 3.05) is 32.6 Å². The summed E-state index contributed by atoms with van der Waals surface area (Å²) in [6.07, 6.45) is 1.79. The zero-order chi connectivity index (χ0) is 19.4. The first-order valence-electron chi connectivity index (χ1n) is 9.06. The Labute approximate surface area is 165 Å². The second-order valence-electron chi connectivity index (χ2n) is 6.69. The topological polar surface area (TPSA) is 50.8 Å². The molecule has 0 atom stereocenters. The van der Waals surface area contributed by atoms with E-state index in [1.807, 2.05) is 30.0 Å². The lowest BCUT2D eigenvalue weighted by Gasteiger charge is -2.33. The molecule has 1 heterocycles. The minimum absolute atomic E-state index is 0.0216. The van der Waals surface area contributed by atoms with E-state index in [-0.39, 0.29) is 5.91 Å². The molecule has 1 aliphatic rings. The highest BCUT2D eigenvalue weighted by Crippen LogP contribution is 2.29. The van der Waals surface area contributed by atoms with E-state index in [0.29, 0.717) is 36.2 Å². The number of amides is 1. The highest BCUT2D eigenvalue weighted by atomic mass is 35.5. The van der Waals surface area contributed by atoms with Crippen LogP contribution in [0.2, 0.25) is 5.02 Å². The summed E-state index contributed by atoms with van der Waals surface area (Å²) >= 11 is 6.20. The van der Waals surface area contributed by atoms with Gasteiger partial charge in [0.15, 0.2) is 11.5 Å². The van der Waals surface area contributed by atoms with Crippen LogP contribution in [0.4, 0.5) is 5.69 Å². The molecule has 1 saturated heterocycles. The fraction of sp³-hybridized carbons (Fsp3) is 0.381. The third-order valence-corrected chi connectivity index (χ3v) is 5.45. The smallest absolute Gasteiger partial charge is 0.253 e. The molecule has 27 heavy (non-hydrogen) atoms. The van der Waals surface area contributed by atoms with E-state index in [1.165, 1.54) is 0 Å². The Kier molecular flexibility index (Phi) is 6.11. The number of nitrogens with one attached hydrogen (secondary N) is 1. The Bertz CT molecular complexity index is 817. The normalized spacial score (nSPS) is 14.7. The fourth-order valence-corrected chi connectivity index (χ4v) is 3.54. The molecular weight excluding hydrogens is 364 g/mol. The number of methoxy groups -OCH3 is 2. The largest absolute Gasteiger partial charge is 0.493 e. The molecule has 1 N–H and O–H groups in total. The van der Waals surface area contributed by atoms with Gasteiger partial charge in [-0.2, -0.15) is 0 Å². The number of carbonyl (C=O) groups excluding carboxylic acids is 1. The van der Waals surface area contributed by atoms with Crippen LogP contribution in [0.15, 0.2) is 36.4 Å². The fourth-order valence-electron chi connectivity index (χ4n) is 3.36. The number of ether oxygens (including phenoxy) is 2. The molecule has 2 aromatic carbocycles. The first-order valence-corrected chi connectivity index (χ1v) is 9.44. The number of halogens is 1. The van der Waals surface area contributed by atoms with Crippen LogP contribution in [0.25, 0.3) is 0 Å². The van der Waals surface area contributed by atoms with Crippen molar-refractivity contribution in [3.63, 3.8) is 0 Å². The van der Waals surface area contributed by atoms with E-state index < -0.39 is 0 Å². The summed E-state index contributed by atoms with van der Waals surface area (Å²) in [5.74, 6) is 1.21. The Morgan fingerprint density at radius 3 is 2.48 bits per heavy atom. The number of nitrogens with zero attached hydrogens (tertiary/aromatic N) is 1. The third-order valence-electron chi connectivity index (χ3n) is 5.04. The molecule has 0 bridgehead atoms. The zero-order valence-electron chi connectivity index (χ0n) is 15.9. The SMILES string of the molecule is COc1ccc(C(=O)N2CCC(Nc3cccc(Cl)c3C)CC2)cc1OC. The van der Waals surface area contributed by atoms with E-state index in [1.54, 1.807) is 32.4 Å². The number of hydrogen-bond donors (Lipinski definition) is 1. The molecule has 0 aliphatic carbocycles. The zero-order valence-corrected chi connectivity index (χ0v) is 16.7. The summed E-state index contributed by atoms with van der Waals surface area (Å²) in [6.45, 7) is 3.44. The van der Waals surface area contributed by atoms with Crippen molar-refractivity contribution in [1.29, 1.82) is 0 Å². The van der Waals surface area contributed by atoms with Crippen molar-refractivity contribution in [2.45, 2.75) is 25.8 Å². The van der Waals surface area contributed by atoms with Crippen LogP contribution >= 0.6 is 11.6 Å². The number of rotatable bonds is 5. The average Bonchev–Trinajstić information content (AvgIpc) is 2.71. The van der Waals surface area contributed by atoms with Gasteiger partial charge < -0.3 is 19.7 Å². The first kappa shape index (κ1) is 19.4. The van der Waals surface area contributed by atoms with Crippen molar-refractivity contribution in [3.8, 4) is 11.5 Å². The predicted octanol–water partition coefficient (Wildman–Crippen LogP) is 4.38. The van der Waals surface area contributed by atoms with Gasteiger partial charge in [-0.15, -0.1) is 0 Å². The van der Waals surface area contributed by atoms with Crippen molar-refractivity contribution < 1.29 is 14.3 Å². The van der Waals surface area contributed by atoms with E-state index in [4.69, 9.17) is 21.1 Å². The molecule has 1 amide bonds. The number of benzene rings is 2. The maximum Gasteiger partial charge on any atom is 0.253 e. The maximum atomic E-state index is 12.8. The summed E-state index contributed by atoms with van der Waals surface area (Å²) in [5, 5.41) is 4.33. The van der Waals surface area contributed by atoms with Gasteiger partial charge in [-0.1, -0.05) is 17.7 Å². The van der Waals surface area contributed by atoms with Crippen molar-refractivity contribution in [1.82, 2.24) is 4.90 Å². The predicted molar refractivity (Wildman–Crippen MR) is 108 cm³/mol. The molecule has 0 spiro atoms. The van der Waals surface area contributed by atoms with Gasteiger partial charge in [-0.3, -0.25) is 4.79 Å². The molecule has 0 radical (unpaired) electrons. The molecule has 1 fully saturated rings. The number of anilines is 1. The van der Waals surface area contributed by atoms with E-state index in [0.717, 1.165) is 29.1 Å². The van der Waals surface area contributed by atoms with Gasteiger partial charge in [0.1, 0.15) is 0 Å². The van der Waals surface area contributed by atoms with Gasteiger partial charge in [-0.25, -0.2) is 0 Å². The molecule has 0 unspecified atom stereocenters. The Morgan fingerprint density at radius 1 is 1.11 bits per heavy atom. The Hall–Kier alpha value is -2.40. The standard InChI is InChI=1S/C21H25ClN2O3/c1-14-17(22)5-4-6-18(14)23-16-9-11-24(12-10-16)21(25)15-7-8-19(26-2)20(13-15)27-3/h4-8,13,16,23H,9-12H2,1-3H3. The van der Waals surface area contributed by atoms with Gasteiger partial charge in [-0.05, 0) is 55.7 Å². The summed E-state index contributed by atoms with van der Waals surface area (Å²) in [5.41, 5.74) is 2.74. The summed E-state index contributed by atoms with van der Waals surface area (Å²) < 4.78 is 10.5. The van der Waals surface area contributed by atoms with E-state index in [9.17, 15) is 4.79 Å². The van der Waals surface area contributed by atoms with Crippen LogP contribution in [0, 0.1) is 6.92 Å². The molecular formula is C21H25ClN2O3. The van der Waals surface area contributed by atoms with Crippen LogP contribution in [0.5, 0.6) is 11.5 Å². The number of likely N-dealkylation sites (tertiary alicyclic amines) is 1. The van der Waals surface area contributed by atoms with E-state index >= 15 is 0 Å². The van der Waals surface area contributed by atoms with E-state index in [2.05, 4.69) is 5.32 Å². The van der Waals surface area contributed by atoms with Crippen LogP contribution in [0.3, 0.4) is 0 Å². The number of piperidine rings is 1. The molecule has 6 heteroatoms. The van der Waals surface area contributed by atoms with Gasteiger partial charge >= 0.3 is 0 Å². The van der Waals surface area contributed by atoms with Crippen molar-refractivity contribution >= 4 is 23.2 Å². The third kappa shape index (κ3) is 4.30. The van der Waals surface area contributed by atoms with Crippen LogP contribution in [0.1, 0.15) is 28.8 Å². The molecule has 5 nitrogen and oxygen atoms in total. The number of carbonyl (C=O) groups is 1. The highest BCUT2D eigenvalue weighted by molar-refractivity contribution is 6.31. The van der Waals surface area contributed by atoms with Crippen molar-refractivity contribution in [2.24, 2.45) is 0 Å². The molecule has 0 saturated carbocycles. The molecule has 144 valence electrons. The second kappa shape index (κ2) is 8.53. The molecule has 0 aromatic heterocycles. The second-order valence-corrected chi connectivity index (χ2v) is 7.10. The molecule has 2 aromatic rings. The van der Waals surface area contributed by atoms with Crippen molar-refractivity contribution in [3.05, 3.63) is 52.5 Å². The van der Waals surface area contributed by atoms with Gasteiger partial charge in [0.25, 0.3) is 5.91 Å². The van der Waals surface area contributed by atoms with Crippen LogP contribution < -0.4 is 14.8 Å². The monoisotopic (exact) mass is 388 g/mol. The number of hydrogen-bond acceptors (Lipinski definition) is 4. The minimum Gasteiger partial charge on any atom is -0.493 e. The van der Waals surface area contributed by atoms with Gasteiger partial charge in [0, 0.05) is 35.4 Å². The quantitative estimate of drug-likeness (QED) is 0.825. The van der Waals surface area contributed by atoms with Crippen LogP contribution in [-0.4, -0.2) is 44.2 Å². The first-order chi connectivity index (χ1) is 13.0. The van der Waals surface area contributed by atoms with Gasteiger partial charge in [0.2, 0.25) is 0 Å². The summed E-state index contributed by atoms with van der Waals surface area (Å²) in [4.78, 5) is 14.7. The molecule has 1 aliphatic heterocycles. The summed E-state index contributed by atoms with van der Waals surface area (Å²) in [6, 6.07) is 11.5. The highest BCUT2D eigenvalue weighted by Gasteiger charge is 2.24. The Morgan fingerprint density at radius 2 is 1.81 bits per heavy atom. The lowest BCUT2D eigenvalue weighted by Crippen LogP contribution is -2.42. The average molecular weight is 389 g/mol. The summed E-state index contributed by atoms with van der Waals surface area (Å²) in [7, 11) is 3.15. The lowest BCUT2D eigenvalue weighted by molar-refractivity contribution is 0.0718. The maximum absolute atomic E-state index is 12.8. The van der Waals surface area contributed by atoms with Crippen LogP contribution in [-0.2, 0) is 0 Å². The minimum atomic E-state index is 0.0216. The molecule has 3 rings (SSSR count). The Balaban J connectivity index is 1.62. The van der Waals surface area contributed by atoms with Gasteiger partial charge in [0.05, 0.1) is 14.2 Å². The lowest BCUT2D eigenvalue weighted by atomic mass is 10.0.